The molecule has 0 bridgehead atoms. The second kappa shape index (κ2) is 10.4. The molecule has 0 radical (unpaired) electrons. The maximum atomic E-state index is 12.8. The summed E-state index contributed by atoms with van der Waals surface area (Å²) in [7, 11) is 1.58. The third-order valence-corrected chi connectivity index (χ3v) is 4.43. The minimum absolute atomic E-state index is 0.0533. The monoisotopic (exact) mass is 368 g/mol. The number of carbonyl (C=O) groups excluding carboxylic acids is 2. The van der Waals surface area contributed by atoms with Crippen LogP contribution in [0.2, 0.25) is 0 Å². The van der Waals surface area contributed by atoms with Crippen molar-refractivity contribution in [1.29, 1.82) is 0 Å². The first-order valence-electron chi connectivity index (χ1n) is 9.25. The molecule has 27 heavy (non-hydrogen) atoms. The second-order valence-corrected chi connectivity index (χ2v) is 6.56. The smallest absolute Gasteiger partial charge is 0.242 e. The van der Waals surface area contributed by atoms with Crippen LogP contribution in [0.1, 0.15) is 30.9 Å². The van der Waals surface area contributed by atoms with Gasteiger partial charge in [0.15, 0.2) is 0 Å². The Morgan fingerprint density at radius 1 is 1.07 bits per heavy atom. The Kier molecular flexibility index (Phi) is 7.86. The Balaban J connectivity index is 1.92. The highest BCUT2D eigenvalue weighted by atomic mass is 16.5. The first-order valence-corrected chi connectivity index (χ1v) is 9.25. The summed E-state index contributed by atoms with van der Waals surface area (Å²) in [4.78, 5) is 26.4. The molecule has 0 aliphatic carbocycles. The fraction of sp³-hybridized carbons (Fsp3) is 0.364. The molecule has 0 saturated heterocycles. The van der Waals surface area contributed by atoms with Crippen molar-refractivity contribution in [2.75, 3.05) is 13.7 Å². The van der Waals surface area contributed by atoms with Crippen LogP contribution in [0, 0.1) is 6.92 Å². The lowest BCUT2D eigenvalue weighted by molar-refractivity contribution is -0.140. The zero-order valence-electron chi connectivity index (χ0n) is 16.3. The van der Waals surface area contributed by atoms with Crippen molar-refractivity contribution in [2.45, 2.75) is 39.3 Å². The largest absolute Gasteiger partial charge is 0.494 e. The van der Waals surface area contributed by atoms with E-state index in [0.717, 1.165) is 11.3 Å². The van der Waals surface area contributed by atoms with Gasteiger partial charge >= 0.3 is 0 Å². The highest BCUT2D eigenvalue weighted by Gasteiger charge is 2.24. The third kappa shape index (κ3) is 6.44. The van der Waals surface area contributed by atoms with E-state index < -0.39 is 6.04 Å². The van der Waals surface area contributed by atoms with E-state index in [4.69, 9.17) is 4.74 Å². The van der Waals surface area contributed by atoms with Crippen molar-refractivity contribution in [1.82, 2.24) is 10.2 Å². The number of hydrogen-bond donors (Lipinski definition) is 1. The summed E-state index contributed by atoms with van der Waals surface area (Å²) in [6.07, 6.45) is 0.929. The van der Waals surface area contributed by atoms with E-state index in [-0.39, 0.29) is 11.8 Å². The van der Waals surface area contributed by atoms with E-state index in [1.54, 1.807) is 18.9 Å². The Morgan fingerprint density at radius 3 is 2.37 bits per heavy atom. The number of hydrogen-bond acceptors (Lipinski definition) is 3. The molecule has 0 aliphatic heterocycles. The SMILES string of the molecule is CNC(=O)C(C)N(Cc1ccccc1)C(=O)CCCOc1ccc(C)cc1. The van der Waals surface area contributed by atoms with Crippen LogP contribution in [0.15, 0.2) is 54.6 Å². The summed E-state index contributed by atoms with van der Waals surface area (Å²) in [5.74, 6) is 0.575. The summed E-state index contributed by atoms with van der Waals surface area (Å²) in [6, 6.07) is 17.0. The Labute approximate surface area is 161 Å². The molecule has 0 aromatic heterocycles. The fourth-order valence-corrected chi connectivity index (χ4v) is 2.76. The van der Waals surface area contributed by atoms with Crippen LogP contribution in [0.3, 0.4) is 0 Å². The molecule has 2 aromatic rings. The number of likely N-dealkylation sites (N-methyl/N-ethyl adjacent to an activating group) is 1. The number of ether oxygens (including phenoxy) is 1. The van der Waals surface area contributed by atoms with Gasteiger partial charge in [-0.05, 0) is 38.0 Å². The van der Waals surface area contributed by atoms with Crippen LogP contribution < -0.4 is 10.1 Å². The van der Waals surface area contributed by atoms with Gasteiger partial charge in [-0.1, -0.05) is 48.0 Å². The maximum Gasteiger partial charge on any atom is 0.242 e. The lowest BCUT2D eigenvalue weighted by atomic mass is 10.1. The van der Waals surface area contributed by atoms with E-state index in [9.17, 15) is 9.59 Å². The number of nitrogens with one attached hydrogen (secondary N) is 1. The average molecular weight is 368 g/mol. The third-order valence-electron chi connectivity index (χ3n) is 4.43. The number of rotatable bonds is 9. The van der Waals surface area contributed by atoms with Crippen molar-refractivity contribution in [2.24, 2.45) is 0 Å². The minimum Gasteiger partial charge on any atom is -0.494 e. The van der Waals surface area contributed by atoms with E-state index >= 15 is 0 Å². The predicted molar refractivity (Wildman–Crippen MR) is 106 cm³/mol. The Morgan fingerprint density at radius 2 is 1.74 bits per heavy atom. The molecule has 1 atom stereocenters. The van der Waals surface area contributed by atoms with Crippen LogP contribution in [-0.4, -0.2) is 36.4 Å². The second-order valence-electron chi connectivity index (χ2n) is 6.56. The molecule has 0 heterocycles. The summed E-state index contributed by atoms with van der Waals surface area (Å²) >= 11 is 0. The first kappa shape index (κ1) is 20.5. The molecule has 0 aliphatic rings. The van der Waals surface area contributed by atoms with Gasteiger partial charge in [0.1, 0.15) is 11.8 Å². The number of benzene rings is 2. The highest BCUT2D eigenvalue weighted by molar-refractivity contribution is 5.87. The number of carbonyl (C=O) groups is 2. The summed E-state index contributed by atoms with van der Waals surface area (Å²) in [5, 5.41) is 2.62. The summed E-state index contributed by atoms with van der Waals surface area (Å²) in [5.41, 5.74) is 2.18. The van der Waals surface area contributed by atoms with E-state index in [0.29, 0.717) is 26.0 Å². The first-order chi connectivity index (χ1) is 13.0. The molecular weight excluding hydrogens is 340 g/mol. The number of nitrogens with zero attached hydrogens (tertiary/aromatic N) is 1. The Hall–Kier alpha value is -2.82. The lowest BCUT2D eigenvalue weighted by Gasteiger charge is -2.28. The van der Waals surface area contributed by atoms with Crippen molar-refractivity contribution in [3.05, 3.63) is 65.7 Å². The van der Waals surface area contributed by atoms with Crippen molar-refractivity contribution < 1.29 is 14.3 Å². The topological polar surface area (TPSA) is 58.6 Å². The molecule has 1 N–H and O–H groups in total. The van der Waals surface area contributed by atoms with Crippen LogP contribution >= 0.6 is 0 Å². The minimum atomic E-state index is -0.527. The quantitative estimate of drug-likeness (QED) is 0.691. The van der Waals surface area contributed by atoms with Crippen LogP contribution in [-0.2, 0) is 16.1 Å². The highest BCUT2D eigenvalue weighted by Crippen LogP contribution is 2.14. The zero-order chi connectivity index (χ0) is 19.6. The molecule has 0 saturated carbocycles. The van der Waals surface area contributed by atoms with E-state index in [1.165, 1.54) is 5.56 Å². The average Bonchev–Trinajstić information content (AvgIpc) is 2.70. The standard InChI is InChI=1S/C22H28N2O3/c1-17-11-13-20(14-12-17)27-15-7-10-21(25)24(18(2)22(26)23-3)16-19-8-5-4-6-9-19/h4-6,8-9,11-14,18H,7,10,15-16H2,1-3H3,(H,23,26). The molecule has 2 amide bonds. The Bertz CT molecular complexity index is 729. The zero-order valence-corrected chi connectivity index (χ0v) is 16.3. The van der Waals surface area contributed by atoms with Crippen LogP contribution in [0.5, 0.6) is 5.75 Å². The van der Waals surface area contributed by atoms with Crippen LogP contribution in [0.25, 0.3) is 0 Å². The molecular formula is C22H28N2O3. The van der Waals surface area contributed by atoms with E-state index in [2.05, 4.69) is 5.32 Å². The molecule has 1 unspecified atom stereocenters. The lowest BCUT2D eigenvalue weighted by Crippen LogP contribution is -2.46. The summed E-state index contributed by atoms with van der Waals surface area (Å²) < 4.78 is 5.69. The molecule has 5 nitrogen and oxygen atoms in total. The van der Waals surface area contributed by atoms with Gasteiger partial charge in [-0.2, -0.15) is 0 Å². The van der Waals surface area contributed by atoms with Gasteiger partial charge in [0, 0.05) is 20.0 Å². The van der Waals surface area contributed by atoms with Gasteiger partial charge in [-0.15, -0.1) is 0 Å². The molecule has 2 aromatic carbocycles. The summed E-state index contributed by atoms with van der Waals surface area (Å²) in [6.45, 7) is 4.65. The number of aryl methyl sites for hydroxylation is 1. The van der Waals surface area contributed by atoms with Gasteiger partial charge in [-0.25, -0.2) is 0 Å². The molecule has 144 valence electrons. The molecule has 0 fully saturated rings. The van der Waals surface area contributed by atoms with Gasteiger partial charge in [-0.3, -0.25) is 9.59 Å². The molecule has 5 heteroatoms. The maximum absolute atomic E-state index is 12.8. The van der Waals surface area contributed by atoms with Gasteiger partial charge in [0.2, 0.25) is 11.8 Å². The van der Waals surface area contributed by atoms with Gasteiger partial charge < -0.3 is 15.0 Å². The van der Waals surface area contributed by atoms with Gasteiger partial charge in [0.25, 0.3) is 0 Å². The predicted octanol–water partition coefficient (Wildman–Crippen LogP) is 3.32. The van der Waals surface area contributed by atoms with Crippen molar-refractivity contribution in [3.63, 3.8) is 0 Å². The van der Waals surface area contributed by atoms with Crippen molar-refractivity contribution >= 4 is 11.8 Å². The van der Waals surface area contributed by atoms with Crippen molar-refractivity contribution in [3.8, 4) is 5.75 Å². The van der Waals surface area contributed by atoms with Crippen LogP contribution in [0.4, 0.5) is 0 Å². The molecule has 0 spiro atoms. The fourth-order valence-electron chi connectivity index (χ4n) is 2.76. The van der Waals surface area contributed by atoms with Gasteiger partial charge in [0.05, 0.1) is 6.61 Å². The normalized spacial score (nSPS) is 11.5. The molecule has 2 rings (SSSR count). The van der Waals surface area contributed by atoms with E-state index in [1.807, 2.05) is 61.5 Å². The number of amides is 2.